The van der Waals surface area contributed by atoms with Crippen LogP contribution in [0.2, 0.25) is 0 Å². The lowest BCUT2D eigenvalue weighted by molar-refractivity contribution is -0.165. The second kappa shape index (κ2) is 6.94. The standard InChI is InChI=1S/C18H28N2O5/c1-12-2-4-14(5-3-12)20-11-13(10-15(20)21)16(22)19-8-6-18(25,7-9-19)17(23)24/h12-14,25H,2-11H2,1H3,(H,23,24). The molecule has 3 rings (SSSR count). The lowest BCUT2D eigenvalue weighted by atomic mass is 9.86. The first-order chi connectivity index (χ1) is 11.8. The summed E-state index contributed by atoms with van der Waals surface area (Å²) in [6, 6.07) is 0.264. The molecular formula is C18H28N2O5. The molecule has 1 aliphatic carbocycles. The Kier molecular flexibility index (Phi) is 5.04. The van der Waals surface area contributed by atoms with Gasteiger partial charge in [-0.25, -0.2) is 4.79 Å². The molecule has 3 aliphatic rings. The van der Waals surface area contributed by atoms with Gasteiger partial charge in [-0.1, -0.05) is 6.92 Å². The van der Waals surface area contributed by atoms with E-state index < -0.39 is 11.6 Å². The lowest BCUT2D eigenvalue weighted by Crippen LogP contribution is -2.52. The number of aliphatic carboxylic acids is 1. The van der Waals surface area contributed by atoms with Gasteiger partial charge in [0.15, 0.2) is 5.60 Å². The molecule has 1 unspecified atom stereocenters. The first-order valence-corrected chi connectivity index (χ1v) is 9.34. The van der Waals surface area contributed by atoms with Gasteiger partial charge in [0.25, 0.3) is 0 Å². The Balaban J connectivity index is 1.55. The second-order valence-corrected chi connectivity index (χ2v) is 8.02. The summed E-state index contributed by atoms with van der Waals surface area (Å²) in [6.07, 6.45) is 4.63. The van der Waals surface area contributed by atoms with Crippen LogP contribution in [0.5, 0.6) is 0 Å². The van der Waals surface area contributed by atoms with Crippen LogP contribution in [-0.4, -0.2) is 69.1 Å². The van der Waals surface area contributed by atoms with Gasteiger partial charge in [0.05, 0.1) is 5.92 Å². The van der Waals surface area contributed by atoms with Crippen molar-refractivity contribution in [1.29, 1.82) is 0 Å². The molecule has 3 fully saturated rings. The summed E-state index contributed by atoms with van der Waals surface area (Å²) < 4.78 is 0. The molecular weight excluding hydrogens is 324 g/mol. The molecule has 0 spiro atoms. The fraction of sp³-hybridized carbons (Fsp3) is 0.833. The van der Waals surface area contributed by atoms with E-state index in [1.807, 2.05) is 4.90 Å². The maximum Gasteiger partial charge on any atom is 0.335 e. The van der Waals surface area contributed by atoms with Crippen LogP contribution in [0.3, 0.4) is 0 Å². The van der Waals surface area contributed by atoms with Gasteiger partial charge in [-0.05, 0) is 31.6 Å². The molecule has 0 bridgehead atoms. The first-order valence-electron chi connectivity index (χ1n) is 9.34. The zero-order valence-electron chi connectivity index (χ0n) is 14.8. The number of carbonyl (C=O) groups is 3. The van der Waals surface area contributed by atoms with Gasteiger partial charge in [-0.15, -0.1) is 0 Å². The molecule has 2 N–H and O–H groups in total. The van der Waals surface area contributed by atoms with Crippen LogP contribution < -0.4 is 0 Å². The molecule has 2 heterocycles. The SMILES string of the molecule is CC1CCC(N2CC(C(=O)N3CCC(O)(C(=O)O)CC3)CC2=O)CC1. The number of nitrogens with zero attached hydrogens (tertiary/aromatic N) is 2. The topological polar surface area (TPSA) is 98.2 Å². The molecule has 25 heavy (non-hydrogen) atoms. The summed E-state index contributed by atoms with van der Waals surface area (Å²) >= 11 is 0. The Labute approximate surface area is 148 Å². The van der Waals surface area contributed by atoms with Gasteiger partial charge in [0.1, 0.15) is 0 Å². The number of hydrogen-bond acceptors (Lipinski definition) is 4. The third-order valence-electron chi connectivity index (χ3n) is 6.23. The Morgan fingerprint density at radius 2 is 1.72 bits per heavy atom. The number of amides is 2. The minimum absolute atomic E-state index is 0.0406. The quantitative estimate of drug-likeness (QED) is 0.785. The van der Waals surface area contributed by atoms with Gasteiger partial charge < -0.3 is 20.0 Å². The Morgan fingerprint density at radius 3 is 2.28 bits per heavy atom. The van der Waals surface area contributed by atoms with Gasteiger partial charge in [0.2, 0.25) is 11.8 Å². The van der Waals surface area contributed by atoms with E-state index in [4.69, 9.17) is 5.11 Å². The molecule has 2 saturated heterocycles. The summed E-state index contributed by atoms with van der Waals surface area (Å²) in [4.78, 5) is 39.7. The summed E-state index contributed by atoms with van der Waals surface area (Å²) in [7, 11) is 0. The number of rotatable bonds is 3. The molecule has 7 nitrogen and oxygen atoms in total. The molecule has 0 radical (unpaired) electrons. The van der Waals surface area contributed by atoms with E-state index in [0.29, 0.717) is 12.5 Å². The highest BCUT2D eigenvalue weighted by molar-refractivity contribution is 5.89. The zero-order chi connectivity index (χ0) is 18.2. The van der Waals surface area contributed by atoms with Crippen LogP contribution in [0.15, 0.2) is 0 Å². The van der Waals surface area contributed by atoms with Crippen molar-refractivity contribution in [2.75, 3.05) is 19.6 Å². The van der Waals surface area contributed by atoms with E-state index in [2.05, 4.69) is 6.92 Å². The van der Waals surface area contributed by atoms with E-state index in [1.165, 1.54) is 0 Å². The average molecular weight is 352 g/mol. The van der Waals surface area contributed by atoms with Gasteiger partial charge in [-0.3, -0.25) is 9.59 Å². The van der Waals surface area contributed by atoms with Crippen LogP contribution in [0, 0.1) is 11.8 Å². The van der Waals surface area contributed by atoms with E-state index in [0.717, 1.165) is 25.7 Å². The molecule has 2 amide bonds. The van der Waals surface area contributed by atoms with Crippen molar-refractivity contribution in [3.8, 4) is 0 Å². The minimum Gasteiger partial charge on any atom is -0.479 e. The monoisotopic (exact) mass is 352 g/mol. The largest absolute Gasteiger partial charge is 0.479 e. The molecule has 7 heteroatoms. The van der Waals surface area contributed by atoms with E-state index >= 15 is 0 Å². The predicted octanol–water partition coefficient (Wildman–Crippen LogP) is 0.852. The van der Waals surface area contributed by atoms with E-state index in [9.17, 15) is 19.5 Å². The van der Waals surface area contributed by atoms with Crippen molar-refractivity contribution in [3.05, 3.63) is 0 Å². The fourth-order valence-corrected chi connectivity index (χ4v) is 4.37. The maximum atomic E-state index is 12.7. The number of carboxylic acids is 1. The molecule has 2 aliphatic heterocycles. The van der Waals surface area contributed by atoms with Crippen LogP contribution in [0.4, 0.5) is 0 Å². The van der Waals surface area contributed by atoms with Gasteiger partial charge in [0, 0.05) is 44.9 Å². The summed E-state index contributed by atoms with van der Waals surface area (Å²) in [5, 5.41) is 19.1. The number of likely N-dealkylation sites (tertiary alicyclic amines) is 2. The molecule has 0 aromatic carbocycles. The number of aliphatic hydroxyl groups is 1. The van der Waals surface area contributed by atoms with Crippen molar-refractivity contribution in [2.24, 2.45) is 11.8 Å². The highest BCUT2D eigenvalue weighted by Gasteiger charge is 2.44. The van der Waals surface area contributed by atoms with Gasteiger partial charge >= 0.3 is 5.97 Å². The maximum absolute atomic E-state index is 12.7. The molecule has 1 atom stereocenters. The van der Waals surface area contributed by atoms with Crippen molar-refractivity contribution < 1.29 is 24.6 Å². The molecule has 140 valence electrons. The van der Waals surface area contributed by atoms with Crippen LogP contribution in [0.1, 0.15) is 51.9 Å². The highest BCUT2D eigenvalue weighted by atomic mass is 16.4. The average Bonchev–Trinajstić information content (AvgIpc) is 2.97. The normalized spacial score (nSPS) is 32.7. The second-order valence-electron chi connectivity index (χ2n) is 8.02. The summed E-state index contributed by atoms with van der Waals surface area (Å²) in [5.41, 5.74) is -1.73. The Bertz CT molecular complexity index is 548. The lowest BCUT2D eigenvalue weighted by Gasteiger charge is -2.37. The predicted molar refractivity (Wildman–Crippen MR) is 89.6 cm³/mol. The smallest absolute Gasteiger partial charge is 0.335 e. The van der Waals surface area contributed by atoms with Crippen molar-refractivity contribution in [1.82, 2.24) is 9.80 Å². The van der Waals surface area contributed by atoms with Crippen LogP contribution >= 0.6 is 0 Å². The first kappa shape index (κ1) is 18.2. The van der Waals surface area contributed by atoms with Crippen LogP contribution in [-0.2, 0) is 14.4 Å². The fourth-order valence-electron chi connectivity index (χ4n) is 4.37. The third kappa shape index (κ3) is 3.66. The van der Waals surface area contributed by atoms with Crippen molar-refractivity contribution in [2.45, 2.75) is 63.5 Å². The van der Waals surface area contributed by atoms with Crippen LogP contribution in [0.25, 0.3) is 0 Å². The minimum atomic E-state index is -1.73. The number of carboxylic acid groups (broad SMARTS) is 1. The van der Waals surface area contributed by atoms with Gasteiger partial charge in [-0.2, -0.15) is 0 Å². The summed E-state index contributed by atoms with van der Waals surface area (Å²) in [5.74, 6) is -0.853. The van der Waals surface area contributed by atoms with Crippen molar-refractivity contribution in [3.63, 3.8) is 0 Å². The summed E-state index contributed by atoms with van der Waals surface area (Å²) in [6.45, 7) is 3.18. The zero-order valence-corrected chi connectivity index (χ0v) is 14.8. The van der Waals surface area contributed by atoms with Crippen molar-refractivity contribution >= 4 is 17.8 Å². The molecule has 0 aromatic rings. The van der Waals surface area contributed by atoms with E-state index in [-0.39, 0.29) is 56.1 Å². The molecule has 0 aromatic heterocycles. The third-order valence-corrected chi connectivity index (χ3v) is 6.23. The number of hydrogen-bond donors (Lipinski definition) is 2. The highest BCUT2D eigenvalue weighted by Crippen LogP contribution is 2.32. The number of piperidine rings is 1. The number of carbonyl (C=O) groups excluding carboxylic acids is 2. The molecule has 1 saturated carbocycles. The van der Waals surface area contributed by atoms with E-state index in [1.54, 1.807) is 4.90 Å². The Morgan fingerprint density at radius 1 is 1.12 bits per heavy atom. The Hall–Kier alpha value is -1.63.